The first-order valence-electron chi connectivity index (χ1n) is 9.20. The first-order valence-corrected chi connectivity index (χ1v) is 9.20. The molecule has 2 N–H and O–H groups in total. The molecule has 4 heteroatoms. The molecule has 2 aromatic carbocycles. The molecule has 138 valence electrons. The summed E-state index contributed by atoms with van der Waals surface area (Å²) < 4.78 is 5.89. The molecule has 0 heterocycles. The van der Waals surface area contributed by atoms with E-state index >= 15 is 0 Å². The van der Waals surface area contributed by atoms with Crippen molar-refractivity contribution in [3.63, 3.8) is 0 Å². The van der Waals surface area contributed by atoms with Crippen LogP contribution in [-0.2, 0) is 0 Å². The molecule has 0 aromatic heterocycles. The Kier molecular flexibility index (Phi) is 7.55. The summed E-state index contributed by atoms with van der Waals surface area (Å²) in [4.78, 5) is 0. The standard InChI is InChI=1S/C21H29NO2.ClH/c1-21(13-6-2-3-7-14-21)22-15-18(23)16-24-20-12-8-10-17-9-4-5-11-19(17)20;/h4-5,8-12,18,22-23H,2-3,6-7,13-16H2,1H3;1H. The maximum atomic E-state index is 10.3. The maximum Gasteiger partial charge on any atom is 0.127 e. The Balaban J connectivity index is 0.00000225. The number of benzene rings is 2. The van der Waals surface area contributed by atoms with Crippen LogP contribution in [0, 0.1) is 0 Å². The van der Waals surface area contributed by atoms with E-state index in [1.54, 1.807) is 0 Å². The van der Waals surface area contributed by atoms with Crippen molar-refractivity contribution in [3.05, 3.63) is 42.5 Å². The molecule has 1 aliphatic rings. The van der Waals surface area contributed by atoms with Crippen molar-refractivity contribution in [2.75, 3.05) is 13.2 Å². The van der Waals surface area contributed by atoms with E-state index in [-0.39, 0.29) is 17.9 Å². The molecule has 0 amide bonds. The van der Waals surface area contributed by atoms with E-state index in [1.807, 2.05) is 24.3 Å². The average Bonchev–Trinajstić information content (AvgIpc) is 2.83. The third-order valence-corrected chi connectivity index (χ3v) is 5.15. The summed E-state index contributed by atoms with van der Waals surface area (Å²) in [6, 6.07) is 14.2. The Morgan fingerprint density at radius 2 is 1.72 bits per heavy atom. The van der Waals surface area contributed by atoms with Crippen LogP contribution in [0.2, 0.25) is 0 Å². The lowest BCUT2D eigenvalue weighted by molar-refractivity contribution is 0.0966. The lowest BCUT2D eigenvalue weighted by atomic mass is 9.92. The molecule has 3 rings (SSSR count). The summed E-state index contributed by atoms with van der Waals surface area (Å²) in [6.45, 7) is 3.19. The van der Waals surface area contributed by atoms with Crippen LogP contribution in [0.3, 0.4) is 0 Å². The van der Waals surface area contributed by atoms with E-state index in [0.717, 1.165) is 16.5 Å². The number of halogens is 1. The maximum absolute atomic E-state index is 10.3. The highest BCUT2D eigenvalue weighted by atomic mass is 35.5. The zero-order valence-corrected chi connectivity index (χ0v) is 15.9. The quantitative estimate of drug-likeness (QED) is 0.730. The van der Waals surface area contributed by atoms with Gasteiger partial charge in [-0.25, -0.2) is 0 Å². The van der Waals surface area contributed by atoms with E-state index < -0.39 is 6.10 Å². The van der Waals surface area contributed by atoms with Gasteiger partial charge in [-0.3, -0.25) is 0 Å². The number of hydrogen-bond acceptors (Lipinski definition) is 3. The molecule has 1 unspecified atom stereocenters. The molecule has 0 spiro atoms. The minimum Gasteiger partial charge on any atom is -0.490 e. The van der Waals surface area contributed by atoms with Gasteiger partial charge in [0, 0.05) is 17.5 Å². The van der Waals surface area contributed by atoms with Gasteiger partial charge in [-0.2, -0.15) is 0 Å². The molecule has 3 nitrogen and oxygen atoms in total. The molecule has 1 atom stereocenters. The van der Waals surface area contributed by atoms with Gasteiger partial charge < -0.3 is 15.2 Å². The first-order chi connectivity index (χ1) is 11.7. The van der Waals surface area contributed by atoms with Gasteiger partial charge in [0.05, 0.1) is 0 Å². The molecule has 0 radical (unpaired) electrons. The Hall–Kier alpha value is -1.29. The van der Waals surface area contributed by atoms with Crippen molar-refractivity contribution < 1.29 is 9.84 Å². The topological polar surface area (TPSA) is 41.5 Å². The van der Waals surface area contributed by atoms with Crippen molar-refractivity contribution >= 4 is 23.2 Å². The molecule has 0 saturated heterocycles. The predicted molar refractivity (Wildman–Crippen MR) is 107 cm³/mol. The van der Waals surface area contributed by atoms with Crippen LogP contribution in [0.25, 0.3) is 10.8 Å². The number of rotatable bonds is 6. The first kappa shape index (κ1) is 20.0. The van der Waals surface area contributed by atoms with Gasteiger partial charge in [-0.15, -0.1) is 12.4 Å². The summed E-state index contributed by atoms with van der Waals surface area (Å²) in [5.74, 6) is 0.841. The van der Waals surface area contributed by atoms with Gasteiger partial charge in [0.2, 0.25) is 0 Å². The van der Waals surface area contributed by atoms with Crippen molar-refractivity contribution in [1.82, 2.24) is 5.32 Å². The second kappa shape index (κ2) is 9.42. The normalized spacial score (nSPS) is 18.2. The zero-order valence-electron chi connectivity index (χ0n) is 15.0. The Morgan fingerprint density at radius 1 is 1.04 bits per heavy atom. The smallest absolute Gasteiger partial charge is 0.127 e. The summed E-state index contributed by atoms with van der Waals surface area (Å²) >= 11 is 0. The molecule has 0 bridgehead atoms. The summed E-state index contributed by atoms with van der Waals surface area (Å²) in [7, 11) is 0. The molecular weight excluding hydrogens is 334 g/mol. The largest absolute Gasteiger partial charge is 0.490 e. The highest BCUT2D eigenvalue weighted by Gasteiger charge is 2.25. The number of β-amino-alcohol motifs (C(OH)–C–C–N with tert-alkyl or cyclic N) is 1. The third-order valence-electron chi connectivity index (χ3n) is 5.15. The van der Waals surface area contributed by atoms with E-state index in [2.05, 4.69) is 30.4 Å². The number of aliphatic hydroxyl groups is 1. The van der Waals surface area contributed by atoms with Crippen LogP contribution in [-0.4, -0.2) is 29.9 Å². The highest BCUT2D eigenvalue weighted by molar-refractivity contribution is 5.88. The van der Waals surface area contributed by atoms with Crippen LogP contribution in [0.5, 0.6) is 5.75 Å². The fourth-order valence-corrected chi connectivity index (χ4v) is 3.62. The number of aliphatic hydroxyl groups excluding tert-OH is 1. The lowest BCUT2D eigenvalue weighted by Gasteiger charge is -2.31. The van der Waals surface area contributed by atoms with Gasteiger partial charge in [0.25, 0.3) is 0 Å². The van der Waals surface area contributed by atoms with Gasteiger partial charge in [0.15, 0.2) is 0 Å². The monoisotopic (exact) mass is 363 g/mol. The van der Waals surface area contributed by atoms with E-state index in [1.165, 1.54) is 38.5 Å². The number of nitrogens with one attached hydrogen (secondary N) is 1. The molecule has 1 aliphatic carbocycles. The molecule has 1 saturated carbocycles. The second-order valence-corrected chi connectivity index (χ2v) is 7.30. The van der Waals surface area contributed by atoms with Crippen LogP contribution in [0.15, 0.2) is 42.5 Å². The van der Waals surface area contributed by atoms with Crippen molar-refractivity contribution in [1.29, 1.82) is 0 Å². The number of fused-ring (bicyclic) bond motifs is 1. The van der Waals surface area contributed by atoms with Crippen LogP contribution in [0.4, 0.5) is 0 Å². The molecule has 25 heavy (non-hydrogen) atoms. The lowest BCUT2D eigenvalue weighted by Crippen LogP contribution is -2.46. The van der Waals surface area contributed by atoms with Gasteiger partial charge in [0.1, 0.15) is 18.5 Å². The van der Waals surface area contributed by atoms with Gasteiger partial charge in [-0.05, 0) is 31.2 Å². The summed E-state index contributed by atoms with van der Waals surface area (Å²) in [6.07, 6.45) is 7.14. The van der Waals surface area contributed by atoms with Crippen LogP contribution in [0.1, 0.15) is 45.4 Å². The minimum absolute atomic E-state index is 0. The molecule has 0 aliphatic heterocycles. The minimum atomic E-state index is -0.496. The van der Waals surface area contributed by atoms with Crippen LogP contribution >= 0.6 is 12.4 Å². The molecule has 2 aromatic rings. The summed E-state index contributed by atoms with van der Waals surface area (Å²) in [5, 5.41) is 16.1. The molecule has 1 fully saturated rings. The van der Waals surface area contributed by atoms with Crippen molar-refractivity contribution in [2.45, 2.75) is 57.1 Å². The number of ether oxygens (including phenoxy) is 1. The van der Waals surface area contributed by atoms with Crippen molar-refractivity contribution in [3.8, 4) is 5.75 Å². The van der Waals surface area contributed by atoms with Gasteiger partial charge >= 0.3 is 0 Å². The Labute approximate surface area is 157 Å². The SMILES string of the molecule is CC1(NCC(O)COc2cccc3ccccc23)CCCCCC1.Cl. The van der Waals surface area contributed by atoms with E-state index in [0.29, 0.717) is 13.2 Å². The Morgan fingerprint density at radius 3 is 2.48 bits per heavy atom. The fourth-order valence-electron chi connectivity index (χ4n) is 3.62. The van der Waals surface area contributed by atoms with Gasteiger partial charge in [-0.1, -0.05) is 62.1 Å². The van der Waals surface area contributed by atoms with Crippen LogP contribution < -0.4 is 10.1 Å². The number of hydrogen-bond donors (Lipinski definition) is 2. The van der Waals surface area contributed by atoms with Crippen molar-refractivity contribution in [2.24, 2.45) is 0 Å². The third kappa shape index (κ3) is 5.60. The predicted octanol–water partition coefficient (Wildman–Crippen LogP) is 4.70. The van der Waals surface area contributed by atoms with E-state index in [4.69, 9.17) is 4.74 Å². The highest BCUT2D eigenvalue weighted by Crippen LogP contribution is 2.27. The summed E-state index contributed by atoms with van der Waals surface area (Å²) in [5.41, 5.74) is 0.164. The zero-order chi connectivity index (χ0) is 16.8. The van der Waals surface area contributed by atoms with E-state index in [9.17, 15) is 5.11 Å². The molecular formula is C21H30ClNO2. The average molecular weight is 364 g/mol. The Bertz CT molecular complexity index is 648. The fraction of sp³-hybridized carbons (Fsp3) is 0.524. The second-order valence-electron chi connectivity index (χ2n) is 7.30.